The van der Waals surface area contributed by atoms with E-state index in [0.29, 0.717) is 43.5 Å². The number of aryl methyl sites for hydroxylation is 2. The Morgan fingerprint density at radius 1 is 0.882 bits per heavy atom. The van der Waals surface area contributed by atoms with Crippen LogP contribution in [0.5, 0.6) is 11.5 Å². The second-order valence-electron chi connectivity index (χ2n) is 8.82. The topological polar surface area (TPSA) is 96.5 Å². The van der Waals surface area contributed by atoms with Crippen molar-refractivity contribution in [1.82, 2.24) is 9.21 Å². The summed E-state index contributed by atoms with van der Waals surface area (Å²) in [4.78, 5) is 29.3. The first kappa shape index (κ1) is 22.8. The largest absolute Gasteiger partial charge is 0.486 e. The van der Waals surface area contributed by atoms with E-state index in [1.54, 1.807) is 12.1 Å². The van der Waals surface area contributed by atoms with Gasteiger partial charge in [0.25, 0.3) is 5.91 Å². The third-order valence-electron chi connectivity index (χ3n) is 6.58. The fourth-order valence-electron chi connectivity index (χ4n) is 4.80. The van der Waals surface area contributed by atoms with Gasteiger partial charge in [-0.05, 0) is 37.6 Å². The molecule has 5 rings (SSSR count). The van der Waals surface area contributed by atoms with E-state index in [4.69, 9.17) is 9.47 Å². The number of anilines is 1. The van der Waals surface area contributed by atoms with Gasteiger partial charge in [-0.3, -0.25) is 14.5 Å². The fraction of sp³-hybridized carbons (Fsp3) is 0.417. The lowest BCUT2D eigenvalue weighted by molar-refractivity contribution is -0.123. The van der Waals surface area contributed by atoms with Crippen LogP contribution in [-0.2, 0) is 19.6 Å². The van der Waals surface area contributed by atoms with Crippen LogP contribution in [0.2, 0.25) is 0 Å². The van der Waals surface area contributed by atoms with Gasteiger partial charge in [0.05, 0.1) is 23.0 Å². The van der Waals surface area contributed by atoms with E-state index in [1.165, 1.54) is 21.3 Å². The molecule has 3 aliphatic rings. The molecule has 9 nitrogen and oxygen atoms in total. The van der Waals surface area contributed by atoms with Gasteiger partial charge in [0.2, 0.25) is 15.9 Å². The molecule has 1 atom stereocenters. The maximum Gasteiger partial charge on any atom is 0.251 e. The van der Waals surface area contributed by atoms with Gasteiger partial charge in [-0.2, -0.15) is 4.31 Å². The van der Waals surface area contributed by atoms with Gasteiger partial charge in [-0.1, -0.05) is 17.7 Å². The number of rotatable bonds is 4. The fourth-order valence-corrected chi connectivity index (χ4v) is 6.24. The molecule has 0 bridgehead atoms. The first-order valence-electron chi connectivity index (χ1n) is 11.3. The summed E-state index contributed by atoms with van der Waals surface area (Å²) in [5.41, 5.74) is 2.55. The Balaban J connectivity index is 1.28. The Morgan fingerprint density at radius 2 is 1.59 bits per heavy atom. The molecule has 2 aromatic carbocycles. The number of carbonyl (C=O) groups excluding carboxylic acids is 2. The van der Waals surface area contributed by atoms with Gasteiger partial charge >= 0.3 is 0 Å². The van der Waals surface area contributed by atoms with Crippen molar-refractivity contribution in [2.24, 2.45) is 0 Å². The molecule has 3 heterocycles. The zero-order valence-electron chi connectivity index (χ0n) is 19.2. The van der Waals surface area contributed by atoms with Crippen molar-refractivity contribution in [3.63, 3.8) is 0 Å². The smallest absolute Gasteiger partial charge is 0.251 e. The molecule has 2 amide bonds. The average molecular weight is 486 g/mol. The van der Waals surface area contributed by atoms with Gasteiger partial charge in [0.15, 0.2) is 11.5 Å². The standard InChI is InChI=1S/C24H27N3O6S/c1-16-3-5-19(17(2)13-16)27-23(28)15-20(24(27)29)25-7-9-26(10-8-25)34(30,31)18-4-6-21-22(14-18)33-12-11-32-21/h3-6,13-14,20H,7-12,15H2,1-2H3. The Kier molecular flexibility index (Phi) is 5.83. The minimum atomic E-state index is -3.72. The van der Waals surface area contributed by atoms with E-state index in [-0.39, 0.29) is 36.2 Å². The quantitative estimate of drug-likeness (QED) is 0.609. The van der Waals surface area contributed by atoms with E-state index in [0.717, 1.165) is 11.1 Å². The van der Waals surface area contributed by atoms with Crippen molar-refractivity contribution in [2.75, 3.05) is 44.3 Å². The first-order valence-corrected chi connectivity index (χ1v) is 12.8. The summed E-state index contributed by atoms with van der Waals surface area (Å²) in [5.74, 6) is 0.480. The Hall–Kier alpha value is -2.95. The highest BCUT2D eigenvalue weighted by atomic mass is 32.2. The number of nitrogens with zero attached hydrogens (tertiary/aromatic N) is 3. The predicted octanol–water partition coefficient (Wildman–Crippen LogP) is 1.71. The van der Waals surface area contributed by atoms with Gasteiger partial charge in [0.1, 0.15) is 13.2 Å². The Bertz CT molecular complexity index is 1250. The maximum atomic E-state index is 13.2. The van der Waals surface area contributed by atoms with E-state index < -0.39 is 16.1 Å². The third-order valence-corrected chi connectivity index (χ3v) is 8.48. The second-order valence-corrected chi connectivity index (χ2v) is 10.8. The molecule has 0 spiro atoms. The van der Waals surface area contributed by atoms with Crippen LogP contribution in [-0.4, -0.2) is 74.9 Å². The zero-order chi connectivity index (χ0) is 24.0. The van der Waals surface area contributed by atoms with Gasteiger partial charge in [-0.25, -0.2) is 13.3 Å². The molecule has 34 heavy (non-hydrogen) atoms. The number of sulfonamides is 1. The summed E-state index contributed by atoms with van der Waals surface area (Å²) in [5, 5.41) is 0. The van der Waals surface area contributed by atoms with Crippen LogP contribution >= 0.6 is 0 Å². The Labute approximate surface area is 198 Å². The summed E-state index contributed by atoms with van der Waals surface area (Å²) < 4.78 is 38.8. The first-order chi connectivity index (χ1) is 16.3. The molecule has 10 heteroatoms. The van der Waals surface area contributed by atoms with Crippen molar-refractivity contribution in [3.05, 3.63) is 47.5 Å². The zero-order valence-corrected chi connectivity index (χ0v) is 20.0. The summed E-state index contributed by atoms with van der Waals surface area (Å²) in [6.45, 7) is 5.87. The third kappa shape index (κ3) is 3.95. The second kappa shape index (κ2) is 8.68. The van der Waals surface area contributed by atoms with Crippen molar-refractivity contribution in [1.29, 1.82) is 0 Å². The minimum Gasteiger partial charge on any atom is -0.486 e. The summed E-state index contributed by atoms with van der Waals surface area (Å²) in [6, 6.07) is 9.70. The van der Waals surface area contributed by atoms with Gasteiger partial charge < -0.3 is 9.47 Å². The maximum absolute atomic E-state index is 13.2. The van der Waals surface area contributed by atoms with Gasteiger partial charge in [-0.15, -0.1) is 0 Å². The van der Waals surface area contributed by atoms with Gasteiger partial charge in [0, 0.05) is 32.2 Å². The monoisotopic (exact) mass is 485 g/mol. The number of hydrogen-bond donors (Lipinski definition) is 0. The normalized spacial score (nSPS) is 21.8. The molecule has 0 N–H and O–H groups in total. The van der Waals surface area contributed by atoms with Crippen LogP contribution in [0, 0.1) is 13.8 Å². The summed E-state index contributed by atoms with van der Waals surface area (Å²) >= 11 is 0. The van der Waals surface area contributed by atoms with Crippen molar-refractivity contribution < 1.29 is 27.5 Å². The molecular formula is C24H27N3O6S. The number of hydrogen-bond acceptors (Lipinski definition) is 7. The van der Waals surface area contributed by atoms with Crippen LogP contribution < -0.4 is 14.4 Å². The molecule has 2 fully saturated rings. The molecule has 0 radical (unpaired) electrons. The molecule has 1 unspecified atom stereocenters. The SMILES string of the molecule is Cc1ccc(N2C(=O)CC(N3CCN(S(=O)(=O)c4ccc5c(c4)OCCO5)CC3)C2=O)c(C)c1. The van der Waals surface area contributed by atoms with Crippen LogP contribution in [0.1, 0.15) is 17.5 Å². The van der Waals surface area contributed by atoms with E-state index in [1.807, 2.05) is 30.9 Å². The molecule has 0 aliphatic carbocycles. The number of carbonyl (C=O) groups is 2. The van der Waals surface area contributed by atoms with Crippen molar-refractivity contribution in [2.45, 2.75) is 31.2 Å². The van der Waals surface area contributed by atoms with Crippen LogP contribution in [0.4, 0.5) is 5.69 Å². The van der Waals surface area contributed by atoms with Crippen LogP contribution in [0.15, 0.2) is 41.3 Å². The highest BCUT2D eigenvalue weighted by Gasteiger charge is 2.44. The number of amides is 2. The van der Waals surface area contributed by atoms with E-state index >= 15 is 0 Å². The summed E-state index contributed by atoms with van der Waals surface area (Å²) in [7, 11) is -3.72. The average Bonchev–Trinajstić information content (AvgIpc) is 3.12. The molecule has 0 saturated carbocycles. The number of benzene rings is 2. The number of ether oxygens (including phenoxy) is 2. The lowest BCUT2D eigenvalue weighted by Crippen LogP contribution is -2.53. The molecular weight excluding hydrogens is 458 g/mol. The highest BCUT2D eigenvalue weighted by Crippen LogP contribution is 2.34. The van der Waals surface area contributed by atoms with E-state index in [9.17, 15) is 18.0 Å². The number of imide groups is 1. The minimum absolute atomic E-state index is 0.0983. The predicted molar refractivity (Wildman–Crippen MR) is 125 cm³/mol. The molecule has 2 aromatic rings. The van der Waals surface area contributed by atoms with Crippen LogP contribution in [0.25, 0.3) is 0 Å². The van der Waals surface area contributed by atoms with Crippen molar-refractivity contribution >= 4 is 27.5 Å². The van der Waals surface area contributed by atoms with Crippen LogP contribution in [0.3, 0.4) is 0 Å². The lowest BCUT2D eigenvalue weighted by atomic mass is 10.1. The molecule has 3 aliphatic heterocycles. The Morgan fingerprint density at radius 3 is 2.29 bits per heavy atom. The number of fused-ring (bicyclic) bond motifs is 1. The lowest BCUT2D eigenvalue weighted by Gasteiger charge is -2.36. The summed E-state index contributed by atoms with van der Waals surface area (Å²) in [6.07, 6.45) is 0.0983. The van der Waals surface area contributed by atoms with E-state index in [2.05, 4.69) is 0 Å². The molecule has 0 aromatic heterocycles. The number of piperazine rings is 1. The highest BCUT2D eigenvalue weighted by molar-refractivity contribution is 7.89. The molecule has 2 saturated heterocycles. The van der Waals surface area contributed by atoms with Crippen molar-refractivity contribution in [3.8, 4) is 11.5 Å². The molecule has 180 valence electrons.